The van der Waals surface area contributed by atoms with E-state index in [9.17, 15) is 4.79 Å². The first kappa shape index (κ1) is 14.7. The summed E-state index contributed by atoms with van der Waals surface area (Å²) in [5.74, 6) is 0. The Kier molecular flexibility index (Phi) is 3.24. The monoisotopic (exact) mass is 308 g/mol. The summed E-state index contributed by atoms with van der Waals surface area (Å²) in [6, 6.07) is 8.89. The molecular formula is C20H24N2O. The van der Waals surface area contributed by atoms with E-state index in [1.54, 1.807) is 0 Å². The molecule has 0 saturated carbocycles. The highest BCUT2D eigenvalue weighted by molar-refractivity contribution is 6.04. The van der Waals surface area contributed by atoms with E-state index in [1.807, 2.05) is 0 Å². The van der Waals surface area contributed by atoms with Crippen molar-refractivity contribution in [3.63, 3.8) is 0 Å². The Morgan fingerprint density at radius 3 is 2.70 bits per heavy atom. The number of likely N-dealkylation sites (N-methyl/N-ethyl adjacent to an activating group) is 1. The lowest BCUT2D eigenvalue weighted by atomic mass is 9.69. The first-order chi connectivity index (χ1) is 11.2. The van der Waals surface area contributed by atoms with Crippen molar-refractivity contribution in [2.45, 2.75) is 39.2 Å². The van der Waals surface area contributed by atoms with Crippen LogP contribution in [0.25, 0.3) is 16.6 Å². The molecule has 0 aliphatic carbocycles. The number of benzene rings is 1. The summed E-state index contributed by atoms with van der Waals surface area (Å²) in [5, 5.41) is 1.32. The molecule has 1 aromatic carbocycles. The maximum absolute atomic E-state index is 11.9. The van der Waals surface area contributed by atoms with Gasteiger partial charge in [-0.1, -0.05) is 32.0 Å². The summed E-state index contributed by atoms with van der Waals surface area (Å²) in [7, 11) is 2.23. The Labute approximate surface area is 137 Å². The van der Waals surface area contributed by atoms with E-state index >= 15 is 0 Å². The molecule has 1 atom stereocenters. The van der Waals surface area contributed by atoms with Crippen LogP contribution in [0.3, 0.4) is 0 Å². The number of fused-ring (bicyclic) bond motifs is 3. The molecule has 2 aromatic rings. The quantitative estimate of drug-likeness (QED) is 0.800. The third-order valence-corrected chi connectivity index (χ3v) is 6.11. The summed E-state index contributed by atoms with van der Waals surface area (Å²) in [5.41, 5.74) is 4.84. The fourth-order valence-electron chi connectivity index (χ4n) is 4.86. The highest BCUT2D eigenvalue weighted by Crippen LogP contribution is 2.53. The van der Waals surface area contributed by atoms with E-state index in [4.69, 9.17) is 0 Å². The van der Waals surface area contributed by atoms with Crippen LogP contribution in [-0.2, 0) is 11.2 Å². The Morgan fingerprint density at radius 1 is 1.26 bits per heavy atom. The van der Waals surface area contributed by atoms with Crippen LogP contribution in [0.2, 0.25) is 0 Å². The molecule has 0 amide bonds. The highest BCUT2D eigenvalue weighted by atomic mass is 16.1. The molecule has 2 aliphatic heterocycles. The standard InChI is InChI=1S/C20H24N2O/c1-4-20(5-2)12-14(13-23)22-17-9-7-6-8-15(17)16-10-11-21(3)19(20)18(16)22/h6-9,12-13,19H,4-5,10-11H2,1-3H3/t19-/m1/s1. The number of carbonyl (C=O) groups excluding carboxylic acids is 1. The fourth-order valence-corrected chi connectivity index (χ4v) is 4.86. The minimum atomic E-state index is 0.0462. The molecule has 2 aliphatic rings. The van der Waals surface area contributed by atoms with Gasteiger partial charge in [-0.2, -0.15) is 0 Å². The van der Waals surface area contributed by atoms with Crippen LogP contribution in [0.15, 0.2) is 30.3 Å². The Bertz CT molecular complexity index is 810. The van der Waals surface area contributed by atoms with Gasteiger partial charge in [0.15, 0.2) is 6.29 Å². The molecule has 4 rings (SSSR count). The number of para-hydroxylation sites is 1. The molecule has 1 aromatic heterocycles. The molecule has 23 heavy (non-hydrogen) atoms. The van der Waals surface area contributed by atoms with Gasteiger partial charge in [-0.25, -0.2) is 0 Å². The van der Waals surface area contributed by atoms with Gasteiger partial charge < -0.3 is 4.57 Å². The molecule has 0 unspecified atom stereocenters. The molecule has 3 heterocycles. The van der Waals surface area contributed by atoms with Crippen LogP contribution in [0.5, 0.6) is 0 Å². The number of hydrogen-bond acceptors (Lipinski definition) is 2. The molecular weight excluding hydrogens is 284 g/mol. The van der Waals surface area contributed by atoms with Gasteiger partial charge in [0.25, 0.3) is 0 Å². The van der Waals surface area contributed by atoms with Gasteiger partial charge in [0.1, 0.15) is 0 Å². The molecule has 0 bridgehead atoms. The van der Waals surface area contributed by atoms with E-state index in [-0.39, 0.29) is 5.41 Å². The van der Waals surface area contributed by atoms with Crippen LogP contribution in [0.4, 0.5) is 0 Å². The third-order valence-electron chi connectivity index (χ3n) is 6.11. The second kappa shape index (κ2) is 5.07. The first-order valence-corrected chi connectivity index (χ1v) is 8.67. The average molecular weight is 308 g/mol. The average Bonchev–Trinajstić information content (AvgIpc) is 2.93. The SMILES string of the molecule is CCC1(CC)C=C(C=O)n2c3c(c4ccccc42)CCN(C)[C@H]31. The van der Waals surface area contributed by atoms with Crippen molar-refractivity contribution in [2.75, 3.05) is 13.6 Å². The second-order valence-corrected chi connectivity index (χ2v) is 6.98. The molecule has 3 nitrogen and oxygen atoms in total. The lowest BCUT2D eigenvalue weighted by molar-refractivity contribution is -0.103. The lowest BCUT2D eigenvalue weighted by Crippen LogP contribution is -2.45. The molecule has 3 heteroatoms. The number of allylic oxidation sites excluding steroid dienone is 1. The number of hydrogen-bond donors (Lipinski definition) is 0. The summed E-state index contributed by atoms with van der Waals surface area (Å²) in [4.78, 5) is 14.4. The smallest absolute Gasteiger partial charge is 0.166 e. The van der Waals surface area contributed by atoms with Crippen LogP contribution in [0, 0.1) is 5.41 Å². The Hall–Kier alpha value is -1.87. The lowest BCUT2D eigenvalue weighted by Gasteiger charge is -2.48. The van der Waals surface area contributed by atoms with Crippen molar-refractivity contribution in [3.05, 3.63) is 41.6 Å². The summed E-state index contributed by atoms with van der Waals surface area (Å²) < 4.78 is 2.22. The topological polar surface area (TPSA) is 25.2 Å². The number of rotatable bonds is 3. The van der Waals surface area contributed by atoms with Crippen LogP contribution >= 0.6 is 0 Å². The van der Waals surface area contributed by atoms with Gasteiger partial charge >= 0.3 is 0 Å². The van der Waals surface area contributed by atoms with Gasteiger partial charge in [-0.05, 0) is 44.0 Å². The van der Waals surface area contributed by atoms with Crippen LogP contribution in [-0.4, -0.2) is 29.3 Å². The predicted octanol–water partition coefficient (Wildman–Crippen LogP) is 4.03. The summed E-state index contributed by atoms with van der Waals surface area (Å²) in [6.45, 7) is 5.59. The number of aldehydes is 1. The molecule has 0 radical (unpaired) electrons. The van der Waals surface area contributed by atoms with Crippen LogP contribution in [0.1, 0.15) is 44.0 Å². The maximum atomic E-state index is 11.9. The first-order valence-electron chi connectivity index (χ1n) is 8.67. The van der Waals surface area contributed by atoms with Crippen molar-refractivity contribution in [2.24, 2.45) is 5.41 Å². The van der Waals surface area contributed by atoms with Gasteiger partial charge in [0.05, 0.1) is 17.3 Å². The van der Waals surface area contributed by atoms with Gasteiger partial charge in [-0.15, -0.1) is 0 Å². The number of carbonyl (C=O) groups is 1. The van der Waals surface area contributed by atoms with Crippen LogP contribution < -0.4 is 0 Å². The molecule has 120 valence electrons. The Balaban J connectivity index is 2.13. The van der Waals surface area contributed by atoms with Crippen molar-refractivity contribution in [1.29, 1.82) is 0 Å². The van der Waals surface area contributed by atoms with Crippen molar-refractivity contribution in [3.8, 4) is 0 Å². The zero-order chi connectivity index (χ0) is 16.2. The predicted molar refractivity (Wildman–Crippen MR) is 94.4 cm³/mol. The second-order valence-electron chi connectivity index (χ2n) is 6.98. The van der Waals surface area contributed by atoms with E-state index in [0.717, 1.165) is 37.8 Å². The molecule has 0 saturated heterocycles. The summed E-state index contributed by atoms with van der Waals surface area (Å²) >= 11 is 0. The zero-order valence-corrected chi connectivity index (χ0v) is 14.2. The van der Waals surface area contributed by atoms with Gasteiger partial charge in [0, 0.05) is 23.0 Å². The normalized spacial score (nSPS) is 22.7. The highest BCUT2D eigenvalue weighted by Gasteiger charge is 2.46. The summed E-state index contributed by atoms with van der Waals surface area (Å²) in [6.07, 6.45) is 6.45. The number of nitrogens with zero attached hydrogens (tertiary/aromatic N) is 2. The Morgan fingerprint density at radius 2 is 2.00 bits per heavy atom. The van der Waals surface area contributed by atoms with Gasteiger partial charge in [-0.3, -0.25) is 9.69 Å². The van der Waals surface area contributed by atoms with Crippen molar-refractivity contribution < 1.29 is 4.79 Å². The minimum Gasteiger partial charge on any atom is -0.309 e. The van der Waals surface area contributed by atoms with E-state index in [2.05, 4.69) is 60.7 Å². The maximum Gasteiger partial charge on any atom is 0.166 e. The number of aromatic nitrogens is 1. The third kappa shape index (κ3) is 1.77. The van der Waals surface area contributed by atoms with Gasteiger partial charge in [0.2, 0.25) is 0 Å². The van der Waals surface area contributed by atoms with Crippen molar-refractivity contribution in [1.82, 2.24) is 9.47 Å². The molecule has 0 fully saturated rings. The zero-order valence-electron chi connectivity index (χ0n) is 14.2. The van der Waals surface area contributed by atoms with E-state index in [0.29, 0.717) is 6.04 Å². The van der Waals surface area contributed by atoms with E-state index in [1.165, 1.54) is 22.2 Å². The molecule has 0 N–H and O–H groups in total. The molecule has 0 spiro atoms. The largest absolute Gasteiger partial charge is 0.309 e. The van der Waals surface area contributed by atoms with E-state index < -0.39 is 0 Å². The van der Waals surface area contributed by atoms with Crippen molar-refractivity contribution >= 4 is 22.9 Å². The minimum absolute atomic E-state index is 0.0462. The fraction of sp³-hybridized carbons (Fsp3) is 0.450.